The van der Waals surface area contributed by atoms with E-state index in [9.17, 15) is 9.59 Å². The molecule has 0 saturated carbocycles. The number of carbonyl (C=O) groups excluding carboxylic acids is 1. The van der Waals surface area contributed by atoms with Crippen molar-refractivity contribution in [3.05, 3.63) is 43.0 Å². The van der Waals surface area contributed by atoms with E-state index in [-0.39, 0.29) is 17.5 Å². The molecule has 0 aliphatic rings. The second-order valence-electron chi connectivity index (χ2n) is 3.49. The van der Waals surface area contributed by atoms with Gasteiger partial charge in [0.1, 0.15) is 18.3 Å². The standard InChI is InChI=1S/C13H14O4S/c1-2-12(14)18-9-10(13(15)16)8-17-11-6-4-3-5-7-11/h2-7,10H,1,8-9H2,(H,15,16). The average molecular weight is 266 g/mol. The van der Waals surface area contributed by atoms with Crippen molar-refractivity contribution < 1.29 is 19.4 Å². The Bertz CT molecular complexity index is 416. The number of carboxylic acids is 1. The molecule has 0 heterocycles. The summed E-state index contributed by atoms with van der Waals surface area (Å²) in [5.41, 5.74) is 0. The van der Waals surface area contributed by atoms with E-state index in [1.807, 2.05) is 6.07 Å². The zero-order chi connectivity index (χ0) is 13.4. The molecule has 1 N–H and O–H groups in total. The molecule has 18 heavy (non-hydrogen) atoms. The molecule has 1 atom stereocenters. The molecule has 0 spiro atoms. The minimum Gasteiger partial charge on any atom is -0.493 e. The van der Waals surface area contributed by atoms with E-state index in [1.165, 1.54) is 6.08 Å². The summed E-state index contributed by atoms with van der Waals surface area (Å²) in [7, 11) is 0. The molecule has 1 aromatic carbocycles. The molecule has 0 amide bonds. The summed E-state index contributed by atoms with van der Waals surface area (Å²) in [6, 6.07) is 8.96. The van der Waals surface area contributed by atoms with Gasteiger partial charge >= 0.3 is 5.97 Å². The van der Waals surface area contributed by atoms with E-state index in [0.29, 0.717) is 5.75 Å². The lowest BCUT2D eigenvalue weighted by Gasteiger charge is -2.12. The lowest BCUT2D eigenvalue weighted by atomic mass is 10.2. The van der Waals surface area contributed by atoms with Gasteiger partial charge in [0.25, 0.3) is 0 Å². The van der Waals surface area contributed by atoms with Gasteiger partial charge in [0, 0.05) is 5.75 Å². The molecule has 0 radical (unpaired) electrons. The highest BCUT2D eigenvalue weighted by Crippen LogP contribution is 2.14. The van der Waals surface area contributed by atoms with Crippen LogP contribution in [0.2, 0.25) is 0 Å². The zero-order valence-corrected chi connectivity index (χ0v) is 10.6. The summed E-state index contributed by atoms with van der Waals surface area (Å²) in [5.74, 6) is -0.911. The highest BCUT2D eigenvalue weighted by molar-refractivity contribution is 8.14. The monoisotopic (exact) mass is 266 g/mol. The first-order valence-corrected chi connectivity index (χ1v) is 6.32. The Labute approximate surface area is 110 Å². The SMILES string of the molecule is C=CC(=O)SCC(COc1ccccc1)C(=O)O. The Hall–Kier alpha value is -1.75. The van der Waals surface area contributed by atoms with Gasteiger partial charge in [-0.2, -0.15) is 0 Å². The summed E-state index contributed by atoms with van der Waals surface area (Å²) >= 11 is 0.930. The number of benzene rings is 1. The molecule has 1 unspecified atom stereocenters. The van der Waals surface area contributed by atoms with E-state index in [1.54, 1.807) is 24.3 Å². The third-order valence-corrected chi connectivity index (χ3v) is 3.16. The molecule has 0 aliphatic carbocycles. The summed E-state index contributed by atoms with van der Waals surface area (Å²) < 4.78 is 5.36. The quantitative estimate of drug-likeness (QED) is 0.767. The summed E-state index contributed by atoms with van der Waals surface area (Å²) in [5, 5.41) is 8.77. The first kappa shape index (κ1) is 14.3. The van der Waals surface area contributed by atoms with Crippen molar-refractivity contribution in [3.8, 4) is 5.75 Å². The number of para-hydroxylation sites is 1. The maximum atomic E-state index is 11.0. The van der Waals surface area contributed by atoms with Crippen molar-refractivity contribution in [1.29, 1.82) is 0 Å². The van der Waals surface area contributed by atoms with Crippen LogP contribution in [0, 0.1) is 5.92 Å². The Balaban J connectivity index is 2.46. The van der Waals surface area contributed by atoms with Crippen molar-refractivity contribution in [3.63, 3.8) is 0 Å². The Morgan fingerprint density at radius 3 is 2.61 bits per heavy atom. The van der Waals surface area contributed by atoms with Crippen LogP contribution >= 0.6 is 11.8 Å². The molecular weight excluding hydrogens is 252 g/mol. The van der Waals surface area contributed by atoms with Gasteiger partial charge in [-0.1, -0.05) is 36.5 Å². The van der Waals surface area contributed by atoms with Crippen LogP contribution in [0.5, 0.6) is 5.75 Å². The van der Waals surface area contributed by atoms with Gasteiger partial charge in [-0.05, 0) is 18.2 Å². The number of hydrogen-bond donors (Lipinski definition) is 1. The molecule has 0 fully saturated rings. The van der Waals surface area contributed by atoms with Crippen LogP contribution < -0.4 is 4.74 Å². The van der Waals surface area contributed by atoms with E-state index in [0.717, 1.165) is 11.8 Å². The molecule has 1 aromatic rings. The molecule has 4 nitrogen and oxygen atoms in total. The number of rotatable bonds is 7. The Morgan fingerprint density at radius 1 is 1.39 bits per heavy atom. The third-order valence-electron chi connectivity index (χ3n) is 2.14. The molecule has 0 aliphatic heterocycles. The van der Waals surface area contributed by atoms with Gasteiger partial charge in [-0.3, -0.25) is 9.59 Å². The van der Waals surface area contributed by atoms with Crippen LogP contribution in [0.1, 0.15) is 0 Å². The largest absolute Gasteiger partial charge is 0.493 e. The third kappa shape index (κ3) is 5.05. The van der Waals surface area contributed by atoms with Crippen LogP contribution in [-0.4, -0.2) is 28.6 Å². The predicted molar refractivity (Wildman–Crippen MR) is 70.7 cm³/mol. The zero-order valence-electron chi connectivity index (χ0n) is 9.74. The molecular formula is C13H14O4S. The van der Waals surface area contributed by atoms with E-state index < -0.39 is 11.9 Å². The molecule has 0 saturated heterocycles. The van der Waals surface area contributed by atoms with Gasteiger partial charge in [-0.25, -0.2) is 0 Å². The molecule has 0 aromatic heterocycles. The molecule has 0 bridgehead atoms. The van der Waals surface area contributed by atoms with Gasteiger partial charge in [0.15, 0.2) is 0 Å². The fourth-order valence-corrected chi connectivity index (χ4v) is 1.87. The fraction of sp³-hybridized carbons (Fsp3) is 0.231. The highest BCUT2D eigenvalue weighted by atomic mass is 32.2. The summed E-state index contributed by atoms with van der Waals surface area (Å²) in [6.45, 7) is 3.37. The first-order valence-electron chi connectivity index (χ1n) is 5.33. The van der Waals surface area contributed by atoms with Gasteiger partial charge in [-0.15, -0.1) is 0 Å². The van der Waals surface area contributed by atoms with Gasteiger partial charge in [0.2, 0.25) is 5.12 Å². The van der Waals surface area contributed by atoms with Crippen LogP contribution in [-0.2, 0) is 9.59 Å². The number of aliphatic carboxylic acids is 1. The smallest absolute Gasteiger partial charge is 0.310 e. The minimum atomic E-state index is -0.977. The van der Waals surface area contributed by atoms with E-state index >= 15 is 0 Å². The Morgan fingerprint density at radius 2 is 2.06 bits per heavy atom. The maximum Gasteiger partial charge on any atom is 0.310 e. The lowest BCUT2D eigenvalue weighted by molar-refractivity contribution is -0.141. The number of ether oxygens (including phenoxy) is 1. The van der Waals surface area contributed by atoms with Crippen LogP contribution in [0.4, 0.5) is 0 Å². The van der Waals surface area contributed by atoms with Crippen molar-refractivity contribution in [2.24, 2.45) is 5.92 Å². The molecule has 96 valence electrons. The summed E-state index contributed by atoms with van der Waals surface area (Å²) in [4.78, 5) is 22.0. The molecule has 1 rings (SSSR count). The minimum absolute atomic E-state index is 0.0385. The topological polar surface area (TPSA) is 63.6 Å². The van der Waals surface area contributed by atoms with Crippen molar-refractivity contribution >= 4 is 22.8 Å². The second kappa shape index (κ2) is 7.55. The Kier molecular flexibility index (Phi) is 6.00. The first-order chi connectivity index (χ1) is 8.63. The normalized spacial score (nSPS) is 11.6. The van der Waals surface area contributed by atoms with Crippen molar-refractivity contribution in [2.45, 2.75) is 0 Å². The maximum absolute atomic E-state index is 11.0. The predicted octanol–water partition coefficient (Wildman–Crippen LogP) is 2.21. The summed E-state index contributed by atoms with van der Waals surface area (Å²) in [6.07, 6.45) is 1.17. The van der Waals surface area contributed by atoms with Crippen molar-refractivity contribution in [1.82, 2.24) is 0 Å². The number of carboxylic acid groups (broad SMARTS) is 1. The van der Waals surface area contributed by atoms with Crippen LogP contribution in [0.3, 0.4) is 0 Å². The van der Waals surface area contributed by atoms with Crippen LogP contribution in [0.15, 0.2) is 43.0 Å². The number of hydrogen-bond acceptors (Lipinski definition) is 4. The van der Waals surface area contributed by atoms with Crippen molar-refractivity contribution in [2.75, 3.05) is 12.4 Å². The second-order valence-corrected chi connectivity index (χ2v) is 4.52. The fourth-order valence-electron chi connectivity index (χ4n) is 1.15. The van der Waals surface area contributed by atoms with Gasteiger partial charge in [0.05, 0.1) is 0 Å². The number of thioether (sulfide) groups is 1. The van der Waals surface area contributed by atoms with E-state index in [2.05, 4.69) is 6.58 Å². The number of carbonyl (C=O) groups is 2. The van der Waals surface area contributed by atoms with Crippen LogP contribution in [0.25, 0.3) is 0 Å². The lowest BCUT2D eigenvalue weighted by Crippen LogP contribution is -2.24. The highest BCUT2D eigenvalue weighted by Gasteiger charge is 2.19. The van der Waals surface area contributed by atoms with Gasteiger partial charge < -0.3 is 9.84 Å². The van der Waals surface area contributed by atoms with E-state index in [4.69, 9.17) is 9.84 Å². The average Bonchev–Trinajstić information content (AvgIpc) is 2.39. The molecule has 5 heteroatoms.